The molecule has 0 saturated carbocycles. The van der Waals surface area contributed by atoms with E-state index in [0.717, 1.165) is 44.0 Å². The maximum Gasteiger partial charge on any atom is 0.119 e. The van der Waals surface area contributed by atoms with Crippen LogP contribution in [0.3, 0.4) is 0 Å². The van der Waals surface area contributed by atoms with Crippen LogP contribution in [0.4, 0.5) is 0 Å². The molecule has 0 spiro atoms. The number of nitrogens with one attached hydrogen (secondary N) is 1. The van der Waals surface area contributed by atoms with Crippen LogP contribution in [0, 0.1) is 0 Å². The van der Waals surface area contributed by atoms with Crippen LogP contribution >= 0.6 is 0 Å². The third kappa shape index (κ3) is 5.13. The molecule has 0 aromatic heterocycles. The van der Waals surface area contributed by atoms with Crippen molar-refractivity contribution in [3.05, 3.63) is 42.0 Å². The second-order valence-electron chi connectivity index (χ2n) is 6.34. The van der Waals surface area contributed by atoms with Crippen LogP contribution in [0.15, 0.2) is 36.4 Å². The molecule has 1 atom stereocenters. The SMILES string of the molecule is C=C(C)COc1ccc(C(CN2CCNCC2)N(C)C)cc1. The highest BCUT2D eigenvalue weighted by Crippen LogP contribution is 2.23. The summed E-state index contributed by atoms with van der Waals surface area (Å²) in [6.45, 7) is 11.9. The summed E-state index contributed by atoms with van der Waals surface area (Å²) in [5, 5.41) is 3.41. The zero-order chi connectivity index (χ0) is 15.9. The molecule has 4 heteroatoms. The lowest BCUT2D eigenvalue weighted by molar-refractivity contribution is 0.168. The molecule has 1 aromatic carbocycles. The largest absolute Gasteiger partial charge is 0.489 e. The van der Waals surface area contributed by atoms with Gasteiger partial charge in [-0.05, 0) is 44.3 Å². The second-order valence-corrected chi connectivity index (χ2v) is 6.34. The maximum atomic E-state index is 5.68. The molecule has 1 saturated heterocycles. The fourth-order valence-electron chi connectivity index (χ4n) is 2.70. The molecule has 1 N–H and O–H groups in total. The Bertz CT molecular complexity index is 464. The van der Waals surface area contributed by atoms with Crippen LogP contribution in [0.25, 0.3) is 0 Å². The third-order valence-electron chi connectivity index (χ3n) is 4.01. The van der Waals surface area contributed by atoms with Gasteiger partial charge in [-0.15, -0.1) is 0 Å². The van der Waals surface area contributed by atoms with Gasteiger partial charge in [-0.3, -0.25) is 4.90 Å². The Kier molecular flexibility index (Phi) is 6.43. The van der Waals surface area contributed by atoms with E-state index >= 15 is 0 Å². The Balaban J connectivity index is 1.99. The van der Waals surface area contributed by atoms with Crippen LogP contribution in [-0.2, 0) is 0 Å². The molecule has 0 amide bonds. The van der Waals surface area contributed by atoms with E-state index in [4.69, 9.17) is 4.74 Å². The minimum atomic E-state index is 0.410. The summed E-state index contributed by atoms with van der Waals surface area (Å²) >= 11 is 0. The number of nitrogens with zero attached hydrogens (tertiary/aromatic N) is 2. The summed E-state index contributed by atoms with van der Waals surface area (Å²) < 4.78 is 5.68. The molecule has 1 aromatic rings. The van der Waals surface area contributed by atoms with Gasteiger partial charge in [0.2, 0.25) is 0 Å². The Morgan fingerprint density at radius 3 is 2.45 bits per heavy atom. The molecule has 4 nitrogen and oxygen atoms in total. The van der Waals surface area contributed by atoms with Gasteiger partial charge in [0.05, 0.1) is 0 Å². The Morgan fingerprint density at radius 2 is 1.91 bits per heavy atom. The van der Waals surface area contributed by atoms with Crippen LogP contribution < -0.4 is 10.1 Å². The van der Waals surface area contributed by atoms with Crippen LogP contribution in [0.1, 0.15) is 18.5 Å². The molecule has 2 rings (SSSR count). The van der Waals surface area contributed by atoms with Crippen molar-refractivity contribution in [1.82, 2.24) is 15.1 Å². The van der Waals surface area contributed by atoms with Crippen molar-refractivity contribution in [2.75, 3.05) is 53.4 Å². The van der Waals surface area contributed by atoms with Crippen LogP contribution in [0.5, 0.6) is 5.75 Å². The number of rotatable bonds is 7. The summed E-state index contributed by atoms with van der Waals surface area (Å²) in [6, 6.07) is 8.90. The van der Waals surface area contributed by atoms with Gasteiger partial charge in [-0.2, -0.15) is 0 Å². The molecular weight excluding hydrogens is 274 g/mol. The molecule has 0 bridgehead atoms. The molecule has 122 valence electrons. The van der Waals surface area contributed by atoms with Crippen LogP contribution in [-0.4, -0.2) is 63.2 Å². The molecule has 1 unspecified atom stereocenters. The van der Waals surface area contributed by atoms with Crippen molar-refractivity contribution in [1.29, 1.82) is 0 Å². The number of ether oxygens (including phenoxy) is 1. The van der Waals surface area contributed by atoms with E-state index in [1.807, 2.05) is 6.92 Å². The van der Waals surface area contributed by atoms with Crippen molar-refractivity contribution >= 4 is 0 Å². The van der Waals surface area contributed by atoms with E-state index in [0.29, 0.717) is 12.6 Å². The first-order chi connectivity index (χ1) is 10.6. The van der Waals surface area contributed by atoms with Gasteiger partial charge in [0, 0.05) is 38.8 Å². The van der Waals surface area contributed by atoms with E-state index in [9.17, 15) is 0 Å². The van der Waals surface area contributed by atoms with E-state index in [2.05, 4.69) is 60.1 Å². The molecule has 1 aliphatic heterocycles. The monoisotopic (exact) mass is 303 g/mol. The number of hydrogen-bond acceptors (Lipinski definition) is 4. The summed E-state index contributed by atoms with van der Waals surface area (Å²) in [5.74, 6) is 0.909. The van der Waals surface area contributed by atoms with E-state index in [1.165, 1.54) is 5.56 Å². The first-order valence-electron chi connectivity index (χ1n) is 8.03. The topological polar surface area (TPSA) is 27.7 Å². The average molecular weight is 303 g/mol. The third-order valence-corrected chi connectivity index (χ3v) is 4.01. The van der Waals surface area contributed by atoms with Crippen molar-refractivity contribution in [2.24, 2.45) is 0 Å². The minimum Gasteiger partial charge on any atom is -0.489 e. The number of hydrogen-bond donors (Lipinski definition) is 1. The number of benzene rings is 1. The molecule has 22 heavy (non-hydrogen) atoms. The summed E-state index contributed by atoms with van der Waals surface area (Å²) in [6.07, 6.45) is 0. The van der Waals surface area contributed by atoms with Crippen molar-refractivity contribution in [2.45, 2.75) is 13.0 Å². The van der Waals surface area contributed by atoms with E-state index < -0.39 is 0 Å². The van der Waals surface area contributed by atoms with E-state index in [1.54, 1.807) is 0 Å². The standard InChI is InChI=1S/C18H29N3O/c1-15(2)14-22-17-7-5-16(6-8-17)18(20(3)4)13-21-11-9-19-10-12-21/h5-8,18-19H,1,9-14H2,2-4H3. The van der Waals surface area contributed by atoms with Gasteiger partial charge in [-0.25, -0.2) is 0 Å². The zero-order valence-corrected chi connectivity index (χ0v) is 14.1. The highest BCUT2D eigenvalue weighted by Gasteiger charge is 2.19. The van der Waals surface area contributed by atoms with Crippen LogP contribution in [0.2, 0.25) is 0 Å². The zero-order valence-electron chi connectivity index (χ0n) is 14.1. The number of piperazine rings is 1. The molecular formula is C18H29N3O. The molecule has 1 heterocycles. The van der Waals surface area contributed by atoms with E-state index in [-0.39, 0.29) is 0 Å². The van der Waals surface area contributed by atoms with Crippen molar-refractivity contribution < 1.29 is 4.74 Å². The van der Waals surface area contributed by atoms with Crippen molar-refractivity contribution in [3.63, 3.8) is 0 Å². The predicted octanol–water partition coefficient (Wildman–Crippen LogP) is 2.15. The first-order valence-corrected chi connectivity index (χ1v) is 8.03. The summed E-state index contributed by atoms with van der Waals surface area (Å²) in [5.41, 5.74) is 2.38. The summed E-state index contributed by atoms with van der Waals surface area (Å²) in [4.78, 5) is 4.83. The lowest BCUT2D eigenvalue weighted by atomic mass is 10.0. The normalized spacial score (nSPS) is 17.5. The molecule has 0 aliphatic carbocycles. The predicted molar refractivity (Wildman–Crippen MR) is 92.5 cm³/mol. The van der Waals surface area contributed by atoms with Gasteiger partial charge >= 0.3 is 0 Å². The van der Waals surface area contributed by atoms with Gasteiger partial charge < -0.3 is 15.0 Å². The van der Waals surface area contributed by atoms with Gasteiger partial charge in [-0.1, -0.05) is 18.7 Å². The average Bonchev–Trinajstić information content (AvgIpc) is 2.52. The Labute approximate surface area is 134 Å². The molecule has 0 radical (unpaired) electrons. The fraction of sp³-hybridized carbons (Fsp3) is 0.556. The number of likely N-dealkylation sites (N-methyl/N-ethyl adjacent to an activating group) is 1. The lowest BCUT2D eigenvalue weighted by Gasteiger charge is -2.34. The Morgan fingerprint density at radius 1 is 1.27 bits per heavy atom. The second kappa shape index (κ2) is 8.32. The lowest BCUT2D eigenvalue weighted by Crippen LogP contribution is -2.46. The molecule has 1 fully saturated rings. The molecule has 1 aliphatic rings. The van der Waals surface area contributed by atoms with Gasteiger partial charge in [0.15, 0.2) is 0 Å². The highest BCUT2D eigenvalue weighted by molar-refractivity contribution is 5.29. The van der Waals surface area contributed by atoms with Crippen molar-refractivity contribution in [3.8, 4) is 5.75 Å². The minimum absolute atomic E-state index is 0.410. The first kappa shape index (κ1) is 17.0. The van der Waals surface area contributed by atoms with Gasteiger partial charge in [0.25, 0.3) is 0 Å². The quantitative estimate of drug-likeness (QED) is 0.781. The smallest absolute Gasteiger partial charge is 0.119 e. The fourth-order valence-corrected chi connectivity index (χ4v) is 2.70. The Hall–Kier alpha value is -1.36. The van der Waals surface area contributed by atoms with Gasteiger partial charge in [0.1, 0.15) is 12.4 Å². The maximum absolute atomic E-state index is 5.68. The highest BCUT2D eigenvalue weighted by atomic mass is 16.5. The summed E-state index contributed by atoms with van der Waals surface area (Å²) in [7, 11) is 4.30.